The quantitative estimate of drug-likeness (QED) is 0.236. The van der Waals surface area contributed by atoms with Crippen molar-refractivity contribution in [1.29, 1.82) is 0 Å². The number of alkyl carbamates (subject to hydrolysis) is 1. The lowest BCUT2D eigenvalue weighted by molar-refractivity contribution is -0.226. The van der Waals surface area contributed by atoms with Crippen molar-refractivity contribution in [2.24, 2.45) is 5.11 Å². The third kappa shape index (κ3) is 5.73. The van der Waals surface area contributed by atoms with Crippen LogP contribution in [0.15, 0.2) is 5.11 Å². The molecule has 0 spiro atoms. The molecule has 0 aromatic carbocycles. The Labute approximate surface area is 143 Å². The molecule has 1 saturated heterocycles. The van der Waals surface area contributed by atoms with E-state index in [1.165, 1.54) is 0 Å². The van der Waals surface area contributed by atoms with Gasteiger partial charge in [-0.05, 0) is 26.3 Å². The lowest BCUT2D eigenvalue weighted by atomic mass is 9.91. The molecule has 0 saturated carbocycles. The van der Waals surface area contributed by atoms with Gasteiger partial charge >= 0.3 is 12.1 Å². The van der Waals surface area contributed by atoms with Crippen molar-refractivity contribution >= 4 is 12.1 Å². The van der Waals surface area contributed by atoms with Crippen molar-refractivity contribution in [3.8, 4) is 0 Å². The number of carboxylic acids is 1. The van der Waals surface area contributed by atoms with E-state index >= 15 is 0 Å². The zero-order valence-corrected chi connectivity index (χ0v) is 13.9. The molecule has 3 unspecified atom stereocenters. The van der Waals surface area contributed by atoms with Crippen LogP contribution in [0.2, 0.25) is 0 Å². The average molecular weight is 362 g/mol. The van der Waals surface area contributed by atoms with E-state index < -0.39 is 60.8 Å². The summed E-state index contributed by atoms with van der Waals surface area (Å²) in [6.07, 6.45) is -9.12. The maximum absolute atomic E-state index is 11.8. The van der Waals surface area contributed by atoms with E-state index in [0.717, 1.165) is 0 Å². The molecule has 1 amide bonds. The predicted octanol–water partition coefficient (Wildman–Crippen LogP) is -0.875. The van der Waals surface area contributed by atoms with Crippen molar-refractivity contribution in [1.82, 2.24) is 5.32 Å². The number of carbonyl (C=O) groups excluding carboxylic acids is 1. The molecule has 0 aromatic heterocycles. The number of aliphatic hydroxyl groups excluding tert-OH is 3. The Kier molecular flexibility index (Phi) is 6.96. The molecular formula is C13H22N4O8. The number of carbonyl (C=O) groups is 2. The third-order valence-electron chi connectivity index (χ3n) is 3.34. The fraction of sp³-hybridized carbons (Fsp3) is 0.846. The summed E-state index contributed by atoms with van der Waals surface area (Å²) >= 11 is 0. The summed E-state index contributed by atoms with van der Waals surface area (Å²) in [5.41, 5.74) is 7.44. The molecule has 12 nitrogen and oxygen atoms in total. The summed E-state index contributed by atoms with van der Waals surface area (Å²) in [5, 5.41) is 44.3. The van der Waals surface area contributed by atoms with Gasteiger partial charge in [0.2, 0.25) is 0 Å². The van der Waals surface area contributed by atoms with Gasteiger partial charge in [-0.25, -0.2) is 9.59 Å². The van der Waals surface area contributed by atoms with E-state index in [4.69, 9.17) is 15.0 Å². The number of aliphatic carboxylic acids is 1. The minimum absolute atomic E-state index is 0.406. The van der Waals surface area contributed by atoms with Gasteiger partial charge in [0, 0.05) is 4.91 Å². The molecule has 1 rings (SSSR count). The van der Waals surface area contributed by atoms with Crippen LogP contribution in [0.5, 0.6) is 0 Å². The number of amides is 1. The summed E-state index contributed by atoms with van der Waals surface area (Å²) in [6, 6.07) is -1.78. The molecule has 6 atom stereocenters. The molecule has 5 N–H and O–H groups in total. The van der Waals surface area contributed by atoms with Gasteiger partial charge in [0.25, 0.3) is 0 Å². The summed E-state index contributed by atoms with van der Waals surface area (Å²) in [6.45, 7) is 4.32. The second-order valence-electron chi connectivity index (χ2n) is 6.49. The minimum Gasteiger partial charge on any atom is -0.480 e. The van der Waals surface area contributed by atoms with Crippen LogP contribution in [-0.4, -0.2) is 81.2 Å². The molecule has 12 heteroatoms. The van der Waals surface area contributed by atoms with E-state index in [9.17, 15) is 30.0 Å². The van der Waals surface area contributed by atoms with E-state index in [-0.39, 0.29) is 0 Å². The highest BCUT2D eigenvalue weighted by Crippen LogP contribution is 2.24. The lowest BCUT2D eigenvalue weighted by Crippen LogP contribution is -2.65. The molecule has 142 valence electrons. The van der Waals surface area contributed by atoms with Crippen molar-refractivity contribution in [2.75, 3.05) is 6.54 Å². The molecular weight excluding hydrogens is 340 g/mol. The Morgan fingerprint density at radius 1 is 1.28 bits per heavy atom. The van der Waals surface area contributed by atoms with Gasteiger partial charge in [0.05, 0.1) is 12.6 Å². The zero-order valence-electron chi connectivity index (χ0n) is 13.9. The van der Waals surface area contributed by atoms with Crippen molar-refractivity contribution in [3.05, 3.63) is 10.4 Å². The van der Waals surface area contributed by atoms with Crippen LogP contribution in [-0.2, 0) is 14.3 Å². The van der Waals surface area contributed by atoms with Gasteiger partial charge < -0.3 is 35.2 Å². The number of rotatable bonds is 5. The molecule has 0 aromatic rings. The van der Waals surface area contributed by atoms with Crippen LogP contribution in [0.4, 0.5) is 4.79 Å². The fourth-order valence-electron chi connectivity index (χ4n) is 2.24. The Hall–Kier alpha value is -2.11. The minimum atomic E-state index is -1.81. The van der Waals surface area contributed by atoms with Crippen molar-refractivity contribution in [3.63, 3.8) is 0 Å². The molecule has 1 heterocycles. The van der Waals surface area contributed by atoms with E-state index in [1.807, 2.05) is 5.32 Å². The first-order valence-corrected chi connectivity index (χ1v) is 7.40. The van der Waals surface area contributed by atoms with Crippen molar-refractivity contribution < 1.29 is 39.5 Å². The van der Waals surface area contributed by atoms with Gasteiger partial charge in [-0.3, -0.25) is 0 Å². The molecule has 0 aliphatic carbocycles. The van der Waals surface area contributed by atoms with Crippen LogP contribution in [0, 0.1) is 0 Å². The summed E-state index contributed by atoms with van der Waals surface area (Å²) in [7, 11) is 0. The molecule has 1 fully saturated rings. The van der Waals surface area contributed by atoms with Gasteiger partial charge in [-0.2, -0.15) is 0 Å². The summed E-state index contributed by atoms with van der Waals surface area (Å²) < 4.78 is 10.2. The normalized spacial score (nSPS) is 30.7. The Bertz CT molecular complexity index is 545. The molecule has 0 radical (unpaired) electrons. The van der Waals surface area contributed by atoms with Gasteiger partial charge in [-0.1, -0.05) is 5.11 Å². The highest BCUT2D eigenvalue weighted by atomic mass is 16.6. The first-order chi connectivity index (χ1) is 11.5. The number of azide groups is 1. The maximum Gasteiger partial charge on any atom is 0.408 e. The summed E-state index contributed by atoms with van der Waals surface area (Å²) in [5.74, 6) is -1.55. The van der Waals surface area contributed by atoms with Gasteiger partial charge in [-0.15, -0.1) is 0 Å². The number of aliphatic hydroxyl groups is 3. The third-order valence-corrected chi connectivity index (χ3v) is 3.34. The molecule has 1 aliphatic heterocycles. The monoisotopic (exact) mass is 362 g/mol. The Morgan fingerprint density at radius 3 is 2.36 bits per heavy atom. The highest BCUT2D eigenvalue weighted by Gasteiger charge is 2.49. The van der Waals surface area contributed by atoms with E-state index in [2.05, 4.69) is 10.0 Å². The number of hydrogen-bond donors (Lipinski definition) is 5. The van der Waals surface area contributed by atoms with Crippen LogP contribution in [0.3, 0.4) is 0 Å². The number of ether oxygens (including phenoxy) is 2. The van der Waals surface area contributed by atoms with Gasteiger partial charge in [0.1, 0.15) is 30.0 Å². The fourth-order valence-corrected chi connectivity index (χ4v) is 2.24. The first kappa shape index (κ1) is 20.9. The van der Waals surface area contributed by atoms with Gasteiger partial charge in [0.15, 0.2) is 6.04 Å². The number of hydrogen-bond acceptors (Lipinski definition) is 8. The lowest BCUT2D eigenvalue weighted by Gasteiger charge is -2.42. The Morgan fingerprint density at radius 2 is 1.88 bits per heavy atom. The second kappa shape index (κ2) is 8.32. The molecule has 0 bridgehead atoms. The van der Waals surface area contributed by atoms with E-state index in [0.29, 0.717) is 0 Å². The number of nitrogens with zero attached hydrogens (tertiary/aromatic N) is 3. The van der Waals surface area contributed by atoms with Crippen LogP contribution < -0.4 is 5.32 Å². The number of nitrogens with one attached hydrogen (secondary N) is 1. The Balaban J connectivity index is 2.97. The standard InChI is InChI=1S/C13H22N4O8/c1-13(2,3)25-12(23)16-6(11(21)22)10-9(20)8(19)7(18)5(24-10)4-15-17-14/h5-10,18-20H,4H2,1-3H3,(H,16,23)(H,21,22)/t5?,6?,7-,8+,9?,10+/m1/s1. The highest BCUT2D eigenvalue weighted by molar-refractivity contribution is 5.80. The topological polar surface area (TPSA) is 194 Å². The van der Waals surface area contributed by atoms with Crippen LogP contribution in [0.25, 0.3) is 10.4 Å². The smallest absolute Gasteiger partial charge is 0.408 e. The summed E-state index contributed by atoms with van der Waals surface area (Å²) in [4.78, 5) is 25.8. The zero-order chi connectivity index (χ0) is 19.4. The van der Waals surface area contributed by atoms with E-state index in [1.54, 1.807) is 20.8 Å². The first-order valence-electron chi connectivity index (χ1n) is 7.40. The molecule has 1 aliphatic rings. The largest absolute Gasteiger partial charge is 0.480 e. The van der Waals surface area contributed by atoms with Crippen LogP contribution in [0.1, 0.15) is 20.8 Å². The average Bonchev–Trinajstić information content (AvgIpc) is 2.48. The van der Waals surface area contributed by atoms with Crippen molar-refractivity contribution in [2.45, 2.75) is 62.9 Å². The second-order valence-corrected chi connectivity index (χ2v) is 6.49. The predicted molar refractivity (Wildman–Crippen MR) is 81.5 cm³/mol. The number of carboxylic acid groups (broad SMARTS) is 1. The molecule has 25 heavy (non-hydrogen) atoms. The SMILES string of the molecule is CC(C)(C)OC(=O)NC(C(=O)O)[C@@H]1OC(CN=[N+]=[N-])[C@@H](O)[C@H](O)C1O. The maximum atomic E-state index is 11.8. The van der Waals surface area contributed by atoms with Crippen LogP contribution >= 0.6 is 0 Å².